The minimum atomic E-state index is -0.194. The van der Waals surface area contributed by atoms with Crippen LogP contribution in [0.1, 0.15) is 32.6 Å². The summed E-state index contributed by atoms with van der Waals surface area (Å²) in [5, 5.41) is 6.75. The van der Waals surface area contributed by atoms with Gasteiger partial charge in [-0.25, -0.2) is 4.39 Å². The van der Waals surface area contributed by atoms with Crippen LogP contribution in [0.2, 0.25) is 0 Å². The lowest BCUT2D eigenvalue weighted by molar-refractivity contribution is 0.0487. The van der Waals surface area contributed by atoms with E-state index in [9.17, 15) is 4.39 Å². The van der Waals surface area contributed by atoms with Crippen molar-refractivity contribution in [2.24, 2.45) is 4.99 Å². The molecule has 1 aromatic rings. The van der Waals surface area contributed by atoms with Crippen LogP contribution in [-0.2, 0) is 9.47 Å². The maximum Gasteiger partial charge on any atom is 0.191 e. The van der Waals surface area contributed by atoms with Crippen LogP contribution in [0.25, 0.3) is 0 Å². The van der Waals surface area contributed by atoms with Crippen LogP contribution < -0.4 is 15.5 Å². The molecule has 0 aromatic heterocycles. The monoisotopic (exact) mass is 394 g/mol. The molecule has 0 spiro atoms. The number of aliphatic imine (C=N–C) groups is 1. The number of piperidine rings is 1. The van der Waals surface area contributed by atoms with Gasteiger partial charge in [0.15, 0.2) is 5.96 Å². The summed E-state index contributed by atoms with van der Waals surface area (Å²) in [4.78, 5) is 6.52. The topological polar surface area (TPSA) is 58.1 Å². The molecule has 1 unspecified atom stereocenters. The van der Waals surface area contributed by atoms with Gasteiger partial charge in [0.05, 0.1) is 19.8 Å². The molecule has 0 aliphatic carbocycles. The first-order chi connectivity index (χ1) is 13.7. The lowest BCUT2D eigenvalue weighted by Gasteiger charge is -2.35. The molecule has 0 bridgehead atoms. The summed E-state index contributed by atoms with van der Waals surface area (Å²) >= 11 is 0. The number of unbranched alkanes of at least 4 members (excludes halogenated alkanes) is 1. The number of ether oxygens (including phenoxy) is 2. The highest BCUT2D eigenvalue weighted by Crippen LogP contribution is 2.20. The molecule has 0 saturated carbocycles. The second-order valence-electron chi connectivity index (χ2n) is 6.99. The maximum atomic E-state index is 13.5. The summed E-state index contributed by atoms with van der Waals surface area (Å²) in [5.74, 6) is 0.578. The molecule has 1 saturated heterocycles. The largest absolute Gasteiger partial charge is 0.379 e. The molecule has 1 heterocycles. The average molecular weight is 395 g/mol. The number of anilines is 1. The van der Waals surface area contributed by atoms with Crippen LogP contribution in [0.3, 0.4) is 0 Å². The maximum absolute atomic E-state index is 13.5. The first-order valence-corrected chi connectivity index (χ1v) is 10.4. The number of halogens is 1. The molecular weight excluding hydrogens is 359 g/mol. The van der Waals surface area contributed by atoms with Crippen LogP contribution >= 0.6 is 0 Å². The van der Waals surface area contributed by atoms with E-state index in [0.717, 1.165) is 57.0 Å². The van der Waals surface area contributed by atoms with E-state index < -0.39 is 0 Å². The molecule has 1 aromatic carbocycles. The van der Waals surface area contributed by atoms with Gasteiger partial charge in [0, 0.05) is 45.0 Å². The molecule has 1 aliphatic heterocycles. The highest BCUT2D eigenvalue weighted by atomic mass is 19.1. The molecule has 1 atom stereocenters. The minimum Gasteiger partial charge on any atom is -0.379 e. The Bertz CT molecular complexity index is 585. The van der Waals surface area contributed by atoms with E-state index in [1.54, 1.807) is 19.2 Å². The van der Waals surface area contributed by atoms with E-state index in [2.05, 4.69) is 27.4 Å². The zero-order valence-corrected chi connectivity index (χ0v) is 17.3. The van der Waals surface area contributed by atoms with Gasteiger partial charge in [-0.1, -0.05) is 19.4 Å². The number of nitrogens with zero attached hydrogens (tertiary/aromatic N) is 2. The van der Waals surface area contributed by atoms with Gasteiger partial charge in [0.2, 0.25) is 0 Å². The van der Waals surface area contributed by atoms with Gasteiger partial charge in [0.1, 0.15) is 5.82 Å². The van der Waals surface area contributed by atoms with Crippen molar-refractivity contribution in [1.82, 2.24) is 10.6 Å². The fourth-order valence-electron chi connectivity index (χ4n) is 3.20. The zero-order chi connectivity index (χ0) is 20.0. The Morgan fingerprint density at radius 2 is 2.07 bits per heavy atom. The summed E-state index contributed by atoms with van der Waals surface area (Å²) < 4.78 is 24.5. The van der Waals surface area contributed by atoms with E-state index in [1.165, 1.54) is 6.07 Å². The molecule has 2 N–H and O–H groups in total. The summed E-state index contributed by atoms with van der Waals surface area (Å²) in [6, 6.07) is 7.07. The normalized spacial score (nSPS) is 17.6. The van der Waals surface area contributed by atoms with Gasteiger partial charge in [-0.05, 0) is 37.5 Å². The summed E-state index contributed by atoms with van der Waals surface area (Å²) in [6.45, 7) is 7.29. The van der Waals surface area contributed by atoms with Crippen molar-refractivity contribution in [2.45, 2.75) is 38.6 Å². The van der Waals surface area contributed by atoms with Gasteiger partial charge < -0.3 is 25.0 Å². The number of guanidine groups is 1. The Hall–Kier alpha value is -1.86. The molecule has 28 heavy (non-hydrogen) atoms. The summed E-state index contributed by atoms with van der Waals surface area (Å²) in [7, 11) is 1.77. The molecule has 1 fully saturated rings. The van der Waals surface area contributed by atoms with Gasteiger partial charge in [0.25, 0.3) is 0 Å². The van der Waals surface area contributed by atoms with Crippen LogP contribution in [-0.4, -0.2) is 65.1 Å². The second kappa shape index (κ2) is 13.3. The predicted octanol–water partition coefficient (Wildman–Crippen LogP) is 2.79. The van der Waals surface area contributed by atoms with Crippen molar-refractivity contribution in [1.29, 1.82) is 0 Å². The van der Waals surface area contributed by atoms with E-state index in [4.69, 9.17) is 9.47 Å². The molecule has 0 amide bonds. The van der Waals surface area contributed by atoms with Gasteiger partial charge in [-0.15, -0.1) is 0 Å². The van der Waals surface area contributed by atoms with E-state index in [1.807, 2.05) is 6.07 Å². The van der Waals surface area contributed by atoms with Gasteiger partial charge in [-0.3, -0.25) is 4.99 Å². The first-order valence-electron chi connectivity index (χ1n) is 10.4. The quantitative estimate of drug-likeness (QED) is 0.343. The van der Waals surface area contributed by atoms with Crippen molar-refractivity contribution in [3.8, 4) is 0 Å². The van der Waals surface area contributed by atoms with E-state index in [0.29, 0.717) is 26.4 Å². The average Bonchev–Trinajstić information content (AvgIpc) is 2.72. The SMILES string of the molecule is CCCCOCCOCCNC(=NC)NC1CCCN(c2cccc(F)c2)C1. The Labute approximate surface area is 168 Å². The Morgan fingerprint density at radius 1 is 1.25 bits per heavy atom. The summed E-state index contributed by atoms with van der Waals surface area (Å²) in [5.41, 5.74) is 0.934. The number of hydrogen-bond acceptors (Lipinski definition) is 4. The van der Waals surface area contributed by atoms with Gasteiger partial charge in [-0.2, -0.15) is 0 Å². The highest BCUT2D eigenvalue weighted by Gasteiger charge is 2.21. The number of benzene rings is 1. The number of nitrogens with one attached hydrogen (secondary N) is 2. The smallest absolute Gasteiger partial charge is 0.191 e. The van der Waals surface area contributed by atoms with Crippen LogP contribution in [0.4, 0.5) is 10.1 Å². The molecule has 2 rings (SSSR count). The number of rotatable bonds is 11. The molecule has 6 nitrogen and oxygen atoms in total. The van der Waals surface area contributed by atoms with Crippen LogP contribution in [0.15, 0.2) is 29.3 Å². The Kier molecular flexibility index (Phi) is 10.7. The van der Waals surface area contributed by atoms with E-state index in [-0.39, 0.29) is 11.9 Å². The number of hydrogen-bond donors (Lipinski definition) is 2. The molecule has 0 radical (unpaired) electrons. The standard InChI is InChI=1S/C21H35FN4O2/c1-3-4-12-27-14-15-28-13-10-24-21(23-2)25-19-8-6-11-26(17-19)20-9-5-7-18(22)16-20/h5,7,9,16,19H,3-4,6,8,10-15,17H2,1-2H3,(H2,23,24,25). The lowest BCUT2D eigenvalue weighted by Crippen LogP contribution is -2.51. The van der Waals surface area contributed by atoms with E-state index >= 15 is 0 Å². The second-order valence-corrected chi connectivity index (χ2v) is 6.99. The van der Waals surface area contributed by atoms with Crippen molar-refractivity contribution < 1.29 is 13.9 Å². The van der Waals surface area contributed by atoms with Crippen molar-refractivity contribution in [3.63, 3.8) is 0 Å². The Morgan fingerprint density at radius 3 is 2.82 bits per heavy atom. The van der Waals surface area contributed by atoms with Crippen LogP contribution in [0.5, 0.6) is 0 Å². The third kappa shape index (κ3) is 8.44. The fourth-order valence-corrected chi connectivity index (χ4v) is 3.20. The van der Waals surface area contributed by atoms with Crippen molar-refractivity contribution >= 4 is 11.6 Å². The lowest BCUT2D eigenvalue weighted by atomic mass is 10.0. The third-order valence-electron chi connectivity index (χ3n) is 4.71. The predicted molar refractivity (Wildman–Crippen MR) is 113 cm³/mol. The molecule has 7 heteroatoms. The summed E-state index contributed by atoms with van der Waals surface area (Å²) in [6.07, 6.45) is 4.38. The zero-order valence-electron chi connectivity index (χ0n) is 17.3. The highest BCUT2D eigenvalue weighted by molar-refractivity contribution is 5.80. The van der Waals surface area contributed by atoms with Crippen molar-refractivity contribution in [3.05, 3.63) is 30.1 Å². The minimum absolute atomic E-state index is 0.194. The molecule has 158 valence electrons. The molecular formula is C21H35FN4O2. The third-order valence-corrected chi connectivity index (χ3v) is 4.71. The van der Waals surface area contributed by atoms with Gasteiger partial charge >= 0.3 is 0 Å². The first kappa shape index (κ1) is 22.4. The van der Waals surface area contributed by atoms with Crippen LogP contribution in [0, 0.1) is 5.82 Å². The molecule has 1 aliphatic rings. The van der Waals surface area contributed by atoms with Crippen molar-refractivity contribution in [2.75, 3.05) is 58.0 Å². The fraction of sp³-hybridized carbons (Fsp3) is 0.667. The Balaban J connectivity index is 1.64.